The van der Waals surface area contributed by atoms with Gasteiger partial charge >= 0.3 is 13.8 Å². The quantitative estimate of drug-likeness (QED) is 0.375. The van der Waals surface area contributed by atoms with Crippen LogP contribution in [0.4, 0.5) is 0 Å². The molecule has 0 aliphatic carbocycles. The Balaban J connectivity index is 4.79. The summed E-state index contributed by atoms with van der Waals surface area (Å²) in [5.41, 5.74) is 0. The van der Waals surface area contributed by atoms with Gasteiger partial charge in [0.2, 0.25) is 0 Å². The minimum atomic E-state index is -3.70. The van der Waals surface area contributed by atoms with Crippen LogP contribution in [-0.4, -0.2) is 24.3 Å². The van der Waals surface area contributed by atoms with Crippen molar-refractivity contribution in [3.63, 3.8) is 0 Å². The molecule has 0 bridgehead atoms. The van der Waals surface area contributed by atoms with Gasteiger partial charge in [0.15, 0.2) is 0 Å². The van der Waals surface area contributed by atoms with Gasteiger partial charge in [0, 0.05) is 6.42 Å². The number of rotatable bonds is 10. The second-order valence-electron chi connectivity index (χ2n) is 3.43. The number of hydrogen-bond donors (Lipinski definition) is 1. The highest BCUT2D eigenvalue weighted by atomic mass is 31.2. The van der Waals surface area contributed by atoms with Crippen molar-refractivity contribution in [2.75, 3.05) is 13.2 Å². The third kappa shape index (κ3) is 7.48. The first-order valence-corrected chi connectivity index (χ1v) is 7.45. The number of carboxylic acid groups (broad SMARTS) is 1. The summed E-state index contributed by atoms with van der Waals surface area (Å²) >= 11 is 0. The fourth-order valence-corrected chi connectivity index (χ4v) is 2.43. The van der Waals surface area contributed by atoms with Gasteiger partial charge in [-0.05, 0) is 20.3 Å². The van der Waals surface area contributed by atoms with E-state index in [1.807, 2.05) is 6.92 Å². The Hall–Kier alpha value is -0.840. The van der Waals surface area contributed by atoms with Crippen molar-refractivity contribution in [2.24, 2.45) is 0 Å². The molecular formula is C11H21O6P. The van der Waals surface area contributed by atoms with Crippen LogP contribution in [-0.2, 0) is 22.9 Å². The predicted octanol–water partition coefficient (Wildman–Crippen LogP) is 3.34. The zero-order chi connectivity index (χ0) is 14.0. The second-order valence-corrected chi connectivity index (χ2v) is 5.02. The number of aliphatic carboxylic acids is 1. The zero-order valence-electron chi connectivity index (χ0n) is 11.0. The number of allylic oxidation sites excluding steroid dienone is 1. The topological polar surface area (TPSA) is 82.1 Å². The van der Waals surface area contributed by atoms with Crippen molar-refractivity contribution in [3.8, 4) is 0 Å². The van der Waals surface area contributed by atoms with Gasteiger partial charge in [-0.3, -0.25) is 9.05 Å². The van der Waals surface area contributed by atoms with Crippen LogP contribution in [0.2, 0.25) is 0 Å². The van der Waals surface area contributed by atoms with Crippen LogP contribution in [0, 0.1) is 0 Å². The maximum atomic E-state index is 12.1. The Morgan fingerprint density at radius 3 is 2.17 bits per heavy atom. The maximum Gasteiger partial charge on any atom is 0.529 e. The predicted molar refractivity (Wildman–Crippen MR) is 67.2 cm³/mol. The van der Waals surface area contributed by atoms with E-state index in [9.17, 15) is 9.36 Å². The van der Waals surface area contributed by atoms with Crippen molar-refractivity contribution in [3.05, 3.63) is 11.8 Å². The SMILES string of the molecule is CCCCC(=CC(=O)O)OP(=O)(OCC)OCC. The van der Waals surface area contributed by atoms with E-state index in [-0.39, 0.29) is 19.0 Å². The van der Waals surface area contributed by atoms with E-state index in [2.05, 4.69) is 0 Å². The number of carbonyl (C=O) groups is 1. The molecule has 0 aliphatic heterocycles. The van der Waals surface area contributed by atoms with Crippen molar-refractivity contribution in [1.82, 2.24) is 0 Å². The monoisotopic (exact) mass is 280 g/mol. The summed E-state index contributed by atoms with van der Waals surface area (Å²) in [5, 5.41) is 8.71. The van der Waals surface area contributed by atoms with E-state index in [0.29, 0.717) is 6.42 Å². The van der Waals surface area contributed by atoms with Gasteiger partial charge in [-0.15, -0.1) is 0 Å². The largest absolute Gasteiger partial charge is 0.529 e. The normalized spacial score (nSPS) is 12.5. The first kappa shape index (κ1) is 17.2. The van der Waals surface area contributed by atoms with E-state index >= 15 is 0 Å². The highest BCUT2D eigenvalue weighted by Crippen LogP contribution is 2.51. The first-order chi connectivity index (χ1) is 8.47. The molecule has 6 nitrogen and oxygen atoms in total. The van der Waals surface area contributed by atoms with Gasteiger partial charge in [0.05, 0.1) is 19.3 Å². The lowest BCUT2D eigenvalue weighted by atomic mass is 10.2. The lowest BCUT2D eigenvalue weighted by Crippen LogP contribution is -2.02. The fraction of sp³-hybridized carbons (Fsp3) is 0.727. The van der Waals surface area contributed by atoms with Crippen LogP contribution in [0.25, 0.3) is 0 Å². The van der Waals surface area contributed by atoms with Crippen molar-refractivity contribution >= 4 is 13.8 Å². The first-order valence-electron chi connectivity index (χ1n) is 5.99. The summed E-state index contributed by atoms with van der Waals surface area (Å²) in [5.74, 6) is -1.05. The number of unbranched alkanes of at least 4 members (excludes halogenated alkanes) is 1. The smallest absolute Gasteiger partial charge is 0.478 e. The maximum absolute atomic E-state index is 12.1. The van der Waals surface area contributed by atoms with E-state index in [1.54, 1.807) is 13.8 Å². The molecule has 0 aromatic carbocycles. The molecule has 0 rings (SSSR count). The fourth-order valence-electron chi connectivity index (χ4n) is 1.18. The molecule has 0 unspecified atom stereocenters. The minimum Gasteiger partial charge on any atom is -0.478 e. The Morgan fingerprint density at radius 1 is 1.22 bits per heavy atom. The van der Waals surface area contributed by atoms with Gasteiger partial charge in [-0.1, -0.05) is 13.3 Å². The average Bonchev–Trinajstić information content (AvgIpc) is 2.25. The molecule has 0 saturated carbocycles. The minimum absolute atomic E-state index is 0.106. The van der Waals surface area contributed by atoms with E-state index in [0.717, 1.165) is 18.9 Å². The van der Waals surface area contributed by atoms with E-state index in [4.69, 9.17) is 18.7 Å². The summed E-state index contributed by atoms with van der Waals surface area (Å²) in [6.07, 6.45) is 2.87. The molecule has 7 heteroatoms. The van der Waals surface area contributed by atoms with Crippen LogP contribution in [0.15, 0.2) is 11.8 Å². The molecule has 0 atom stereocenters. The molecule has 0 heterocycles. The number of phosphoric ester groups is 1. The number of phosphoric acid groups is 1. The summed E-state index contributed by atoms with van der Waals surface area (Å²) in [7, 11) is -3.70. The lowest BCUT2D eigenvalue weighted by molar-refractivity contribution is -0.131. The lowest BCUT2D eigenvalue weighted by Gasteiger charge is -2.18. The van der Waals surface area contributed by atoms with Crippen LogP contribution in [0.1, 0.15) is 40.0 Å². The molecule has 1 N–H and O–H groups in total. The molecule has 0 aliphatic rings. The average molecular weight is 280 g/mol. The highest BCUT2D eigenvalue weighted by Gasteiger charge is 2.28. The van der Waals surface area contributed by atoms with E-state index in [1.165, 1.54) is 0 Å². The summed E-state index contributed by atoms with van der Waals surface area (Å²) in [6.45, 7) is 5.59. The number of carboxylic acids is 1. The Kier molecular flexibility index (Phi) is 8.71. The molecule has 0 aromatic heterocycles. The number of hydrogen-bond acceptors (Lipinski definition) is 5. The standard InChI is InChI=1S/C11H21O6P/c1-4-7-8-10(9-11(12)13)17-18(14,15-5-2)16-6-3/h9H,4-8H2,1-3H3,(H,12,13). The molecule has 0 aromatic rings. The third-order valence-electron chi connectivity index (χ3n) is 1.86. The molecule has 18 heavy (non-hydrogen) atoms. The van der Waals surface area contributed by atoms with Crippen LogP contribution in [0.5, 0.6) is 0 Å². The molecule has 0 radical (unpaired) electrons. The van der Waals surface area contributed by atoms with Crippen LogP contribution in [0.3, 0.4) is 0 Å². The summed E-state index contributed by atoms with van der Waals surface area (Å²) in [6, 6.07) is 0. The highest BCUT2D eigenvalue weighted by molar-refractivity contribution is 7.48. The summed E-state index contributed by atoms with van der Waals surface area (Å²) < 4.78 is 27.1. The third-order valence-corrected chi connectivity index (χ3v) is 3.47. The molecule has 0 spiro atoms. The molecule has 0 fully saturated rings. The molecule has 0 saturated heterocycles. The molecule has 106 valence electrons. The van der Waals surface area contributed by atoms with Crippen molar-refractivity contribution in [2.45, 2.75) is 40.0 Å². The van der Waals surface area contributed by atoms with Crippen LogP contribution < -0.4 is 0 Å². The second kappa shape index (κ2) is 9.14. The Labute approximate surface area is 108 Å². The van der Waals surface area contributed by atoms with Crippen molar-refractivity contribution in [1.29, 1.82) is 0 Å². The Bertz CT molecular complexity index is 315. The van der Waals surface area contributed by atoms with Crippen molar-refractivity contribution < 1.29 is 28.0 Å². The van der Waals surface area contributed by atoms with Gasteiger partial charge in [-0.2, -0.15) is 0 Å². The zero-order valence-corrected chi connectivity index (χ0v) is 11.9. The molecular weight excluding hydrogens is 259 g/mol. The van der Waals surface area contributed by atoms with Gasteiger partial charge in [0.1, 0.15) is 5.76 Å². The van der Waals surface area contributed by atoms with Gasteiger partial charge < -0.3 is 9.63 Å². The summed E-state index contributed by atoms with van der Waals surface area (Å²) in [4.78, 5) is 10.6. The van der Waals surface area contributed by atoms with Gasteiger partial charge in [0.25, 0.3) is 0 Å². The Morgan fingerprint density at radius 2 is 1.78 bits per heavy atom. The van der Waals surface area contributed by atoms with Crippen LogP contribution >= 0.6 is 7.82 Å². The van der Waals surface area contributed by atoms with Gasteiger partial charge in [-0.25, -0.2) is 9.36 Å². The van der Waals surface area contributed by atoms with E-state index < -0.39 is 13.8 Å². The molecule has 0 amide bonds.